The molecule has 0 radical (unpaired) electrons. The lowest BCUT2D eigenvalue weighted by atomic mass is 10.1. The second kappa shape index (κ2) is 6.91. The number of hydrogen-bond acceptors (Lipinski definition) is 4. The van der Waals surface area contributed by atoms with Gasteiger partial charge in [0, 0.05) is 37.3 Å². The third kappa shape index (κ3) is 3.25. The van der Waals surface area contributed by atoms with Crippen LogP contribution >= 0.6 is 0 Å². The summed E-state index contributed by atoms with van der Waals surface area (Å²) >= 11 is 0. The average Bonchev–Trinajstić information content (AvgIpc) is 2.63. The van der Waals surface area contributed by atoms with Crippen molar-refractivity contribution in [2.45, 2.75) is 6.61 Å². The molecule has 0 atom stereocenters. The monoisotopic (exact) mass is 320 g/mol. The van der Waals surface area contributed by atoms with Gasteiger partial charge in [-0.1, -0.05) is 30.3 Å². The molecule has 0 aliphatic heterocycles. The van der Waals surface area contributed by atoms with Crippen LogP contribution in [0.25, 0.3) is 0 Å². The van der Waals surface area contributed by atoms with Gasteiger partial charge in [0.1, 0.15) is 12.3 Å². The van der Waals surface area contributed by atoms with E-state index in [2.05, 4.69) is 4.98 Å². The Kier molecular flexibility index (Phi) is 4.52. The molecule has 0 saturated heterocycles. The molecular weight excluding hydrogens is 304 g/mol. The quantitative estimate of drug-likeness (QED) is 0.678. The molecule has 3 rings (SSSR count). The first-order chi connectivity index (χ1) is 11.7. The summed E-state index contributed by atoms with van der Waals surface area (Å²) in [6.07, 6.45) is 4.62. The Morgan fingerprint density at radius 2 is 1.92 bits per heavy atom. The van der Waals surface area contributed by atoms with E-state index in [-0.39, 0.29) is 29.3 Å². The van der Waals surface area contributed by atoms with Gasteiger partial charge >= 0.3 is 0 Å². The van der Waals surface area contributed by atoms with Crippen molar-refractivity contribution in [3.63, 3.8) is 0 Å². The van der Waals surface area contributed by atoms with Gasteiger partial charge in [-0.3, -0.25) is 14.6 Å². The second-order valence-electron chi connectivity index (χ2n) is 5.31. The fourth-order valence-corrected chi connectivity index (χ4v) is 2.37. The van der Waals surface area contributed by atoms with Gasteiger partial charge in [-0.25, -0.2) is 0 Å². The van der Waals surface area contributed by atoms with Crippen LogP contribution in [0.3, 0.4) is 0 Å². The fourth-order valence-electron chi connectivity index (χ4n) is 2.37. The minimum atomic E-state index is -0.323. The van der Waals surface area contributed by atoms with E-state index in [0.717, 1.165) is 5.56 Å². The number of carbonyl (C=O) groups excluding carboxylic acids is 1. The number of ether oxygens (including phenoxy) is 1. The third-order valence-corrected chi connectivity index (χ3v) is 3.61. The summed E-state index contributed by atoms with van der Waals surface area (Å²) in [5, 5.41) is 0. The number of pyridine rings is 2. The zero-order valence-corrected chi connectivity index (χ0v) is 13.2. The molecule has 0 unspecified atom stereocenters. The Hall–Kier alpha value is -3.21. The van der Waals surface area contributed by atoms with Crippen LogP contribution in [-0.2, 0) is 13.7 Å². The molecular formula is C19H16N2O3. The van der Waals surface area contributed by atoms with Crippen molar-refractivity contribution in [2.24, 2.45) is 7.05 Å². The summed E-state index contributed by atoms with van der Waals surface area (Å²) < 4.78 is 7.30. The molecule has 3 aromatic rings. The van der Waals surface area contributed by atoms with Crippen LogP contribution in [0.4, 0.5) is 0 Å². The maximum atomic E-state index is 12.8. The van der Waals surface area contributed by atoms with E-state index in [1.807, 2.05) is 30.3 Å². The Morgan fingerprint density at radius 3 is 2.62 bits per heavy atom. The van der Waals surface area contributed by atoms with Gasteiger partial charge in [-0.15, -0.1) is 0 Å². The molecule has 1 aromatic carbocycles. The van der Waals surface area contributed by atoms with Crippen molar-refractivity contribution in [2.75, 3.05) is 0 Å². The molecule has 0 spiro atoms. The van der Waals surface area contributed by atoms with Crippen molar-refractivity contribution < 1.29 is 9.53 Å². The number of carbonyl (C=O) groups is 1. The normalized spacial score (nSPS) is 10.4. The minimum Gasteiger partial charge on any atom is -0.483 e. The molecule has 120 valence electrons. The Morgan fingerprint density at radius 1 is 1.12 bits per heavy atom. The number of rotatable bonds is 5. The molecule has 2 heterocycles. The lowest BCUT2D eigenvalue weighted by Gasteiger charge is -2.13. The fraction of sp³-hybridized carbons (Fsp3) is 0.105. The maximum absolute atomic E-state index is 12.8. The van der Waals surface area contributed by atoms with Crippen LogP contribution in [0.2, 0.25) is 0 Å². The zero-order chi connectivity index (χ0) is 16.9. The second-order valence-corrected chi connectivity index (χ2v) is 5.31. The van der Waals surface area contributed by atoms with Gasteiger partial charge in [0.25, 0.3) is 0 Å². The van der Waals surface area contributed by atoms with Crippen LogP contribution in [0.5, 0.6) is 5.75 Å². The van der Waals surface area contributed by atoms with Crippen molar-refractivity contribution >= 4 is 5.78 Å². The summed E-state index contributed by atoms with van der Waals surface area (Å²) in [7, 11) is 1.71. The highest BCUT2D eigenvalue weighted by Gasteiger charge is 2.20. The number of hydrogen-bond donors (Lipinski definition) is 0. The molecule has 0 saturated carbocycles. The van der Waals surface area contributed by atoms with E-state index >= 15 is 0 Å². The molecule has 5 heteroatoms. The third-order valence-electron chi connectivity index (χ3n) is 3.61. The lowest BCUT2D eigenvalue weighted by Crippen LogP contribution is -2.19. The van der Waals surface area contributed by atoms with Gasteiger partial charge < -0.3 is 9.30 Å². The van der Waals surface area contributed by atoms with E-state index in [4.69, 9.17) is 4.74 Å². The molecule has 0 aliphatic carbocycles. The van der Waals surface area contributed by atoms with Gasteiger partial charge in [0.05, 0.1) is 0 Å². The summed E-state index contributed by atoms with van der Waals surface area (Å²) in [6, 6.07) is 14.2. The predicted octanol–water partition coefficient (Wildman–Crippen LogP) is 2.59. The molecule has 0 aliphatic rings. The highest BCUT2D eigenvalue weighted by molar-refractivity contribution is 6.09. The van der Waals surface area contributed by atoms with Gasteiger partial charge in [0.2, 0.25) is 11.2 Å². The maximum Gasteiger partial charge on any atom is 0.224 e. The molecule has 2 aromatic heterocycles. The van der Waals surface area contributed by atoms with Crippen molar-refractivity contribution in [1.29, 1.82) is 0 Å². The average molecular weight is 320 g/mol. The van der Waals surface area contributed by atoms with Gasteiger partial charge in [-0.2, -0.15) is 0 Å². The van der Waals surface area contributed by atoms with Gasteiger partial charge in [-0.05, 0) is 17.7 Å². The summed E-state index contributed by atoms with van der Waals surface area (Å²) in [5.41, 5.74) is 1.22. The van der Waals surface area contributed by atoms with Crippen LogP contribution in [0, 0.1) is 0 Å². The highest BCUT2D eigenvalue weighted by atomic mass is 16.5. The molecule has 0 fully saturated rings. The lowest BCUT2D eigenvalue weighted by molar-refractivity contribution is 0.102. The first-order valence-corrected chi connectivity index (χ1v) is 7.48. The van der Waals surface area contributed by atoms with E-state index in [1.54, 1.807) is 36.1 Å². The first kappa shape index (κ1) is 15.7. The Balaban J connectivity index is 1.98. The van der Waals surface area contributed by atoms with E-state index < -0.39 is 0 Å². The topological polar surface area (TPSA) is 61.2 Å². The molecule has 24 heavy (non-hydrogen) atoms. The van der Waals surface area contributed by atoms with Crippen LogP contribution in [-0.4, -0.2) is 15.3 Å². The predicted molar refractivity (Wildman–Crippen MR) is 90.1 cm³/mol. The zero-order valence-electron chi connectivity index (χ0n) is 13.2. The van der Waals surface area contributed by atoms with Crippen molar-refractivity contribution in [3.8, 4) is 5.75 Å². The number of ketones is 1. The Bertz CT molecular complexity index is 903. The SMILES string of the molecule is Cn1ccc(=O)c(OCc2ccccc2)c1C(=O)c1cccnc1. The number of aromatic nitrogens is 2. The highest BCUT2D eigenvalue weighted by Crippen LogP contribution is 2.18. The standard InChI is InChI=1S/C19H16N2O3/c1-21-11-9-16(22)19(24-13-14-6-3-2-4-7-14)17(21)18(23)15-8-5-10-20-12-15/h2-12H,13H2,1H3. The van der Waals surface area contributed by atoms with E-state index in [9.17, 15) is 9.59 Å². The van der Waals surface area contributed by atoms with Crippen molar-refractivity contribution in [1.82, 2.24) is 9.55 Å². The summed E-state index contributed by atoms with van der Waals surface area (Å²) in [5.74, 6) is -0.246. The number of nitrogens with zero attached hydrogens (tertiary/aromatic N) is 2. The van der Waals surface area contributed by atoms with Crippen LogP contribution < -0.4 is 10.2 Å². The van der Waals surface area contributed by atoms with E-state index in [0.29, 0.717) is 5.56 Å². The van der Waals surface area contributed by atoms with Crippen molar-refractivity contribution in [3.05, 3.63) is 94.2 Å². The Labute approximate surface area is 139 Å². The summed E-state index contributed by atoms with van der Waals surface area (Å²) in [4.78, 5) is 29.0. The molecule has 0 amide bonds. The molecule has 5 nitrogen and oxygen atoms in total. The summed E-state index contributed by atoms with van der Waals surface area (Å²) in [6.45, 7) is 0.216. The first-order valence-electron chi connectivity index (χ1n) is 7.48. The smallest absolute Gasteiger partial charge is 0.224 e. The van der Waals surface area contributed by atoms with Crippen LogP contribution in [0.1, 0.15) is 21.6 Å². The van der Waals surface area contributed by atoms with E-state index in [1.165, 1.54) is 12.3 Å². The number of benzene rings is 1. The van der Waals surface area contributed by atoms with Gasteiger partial charge in [0.15, 0.2) is 5.75 Å². The molecule has 0 N–H and O–H groups in total. The molecule has 0 bridgehead atoms. The van der Waals surface area contributed by atoms with Crippen LogP contribution in [0.15, 0.2) is 71.9 Å². The largest absolute Gasteiger partial charge is 0.483 e. The minimum absolute atomic E-state index is 0.0534. The number of aryl methyl sites for hydroxylation is 1.